The summed E-state index contributed by atoms with van der Waals surface area (Å²) in [5, 5.41) is 9.16. The van der Waals surface area contributed by atoms with Gasteiger partial charge in [0.2, 0.25) is 0 Å². The van der Waals surface area contributed by atoms with E-state index in [1.807, 2.05) is 13.8 Å². The summed E-state index contributed by atoms with van der Waals surface area (Å²) in [6.07, 6.45) is 0. The Morgan fingerprint density at radius 2 is 1.89 bits per heavy atom. The van der Waals surface area contributed by atoms with E-state index >= 15 is 0 Å². The molecule has 1 nitrogen and oxygen atoms in total. The van der Waals surface area contributed by atoms with Gasteiger partial charge in [0.15, 0.2) is 0 Å². The molecule has 0 saturated heterocycles. The highest BCUT2D eigenvalue weighted by Gasteiger charge is 2.06. The van der Waals surface area contributed by atoms with Gasteiger partial charge in [0.05, 0.1) is 4.90 Å². The van der Waals surface area contributed by atoms with Crippen LogP contribution in [0.2, 0.25) is 0 Å². The van der Waals surface area contributed by atoms with E-state index in [0.717, 1.165) is 14.6 Å². The van der Waals surface area contributed by atoms with Crippen LogP contribution in [-0.2, 0) is 0 Å². The Kier molecular flexibility index (Phi) is 1.73. The number of thiophene rings is 1. The highest BCUT2D eigenvalue weighted by molar-refractivity contribution is 7.80. The molecule has 0 aliphatic heterocycles. The molecule has 0 aromatic carbocycles. The van der Waals surface area contributed by atoms with Crippen molar-refractivity contribution in [3.63, 3.8) is 0 Å². The van der Waals surface area contributed by atoms with Crippen LogP contribution in [0.4, 0.5) is 0 Å². The Balaban J connectivity index is 3.29. The molecule has 1 rings (SSSR count). The van der Waals surface area contributed by atoms with Gasteiger partial charge in [-0.1, -0.05) is 0 Å². The van der Waals surface area contributed by atoms with E-state index in [-0.39, 0.29) is 0 Å². The Labute approximate surface area is 63.8 Å². The van der Waals surface area contributed by atoms with Gasteiger partial charge in [-0.2, -0.15) is 0 Å². The van der Waals surface area contributed by atoms with Gasteiger partial charge >= 0.3 is 0 Å². The molecule has 0 fully saturated rings. The summed E-state index contributed by atoms with van der Waals surface area (Å²) < 4.78 is 0. The smallest absolute Gasteiger partial charge is 0.142 e. The Morgan fingerprint density at radius 1 is 1.33 bits per heavy atom. The van der Waals surface area contributed by atoms with E-state index in [1.54, 1.807) is 11.3 Å². The second-order valence-electron chi connectivity index (χ2n) is 1.91. The van der Waals surface area contributed by atoms with Crippen molar-refractivity contribution < 1.29 is 5.11 Å². The van der Waals surface area contributed by atoms with E-state index in [0.29, 0.717) is 5.75 Å². The molecule has 50 valence electrons. The molecule has 9 heavy (non-hydrogen) atoms. The van der Waals surface area contributed by atoms with E-state index in [1.165, 1.54) is 0 Å². The van der Waals surface area contributed by atoms with E-state index in [2.05, 4.69) is 12.6 Å². The molecule has 0 unspecified atom stereocenters. The monoisotopic (exact) mass is 160 g/mol. The average Bonchev–Trinajstić information content (AvgIpc) is 1.98. The summed E-state index contributed by atoms with van der Waals surface area (Å²) in [6.45, 7) is 3.83. The van der Waals surface area contributed by atoms with Gasteiger partial charge < -0.3 is 5.11 Å². The predicted molar refractivity (Wildman–Crippen MR) is 42.7 cm³/mol. The van der Waals surface area contributed by atoms with Crippen LogP contribution in [-0.4, -0.2) is 5.11 Å². The fourth-order valence-electron chi connectivity index (χ4n) is 0.660. The average molecular weight is 160 g/mol. The summed E-state index contributed by atoms with van der Waals surface area (Å²) in [5.74, 6) is 0.334. The van der Waals surface area contributed by atoms with Crippen molar-refractivity contribution in [3.8, 4) is 5.75 Å². The first-order valence-electron chi connectivity index (χ1n) is 2.61. The normalized spacial score (nSPS) is 10.1. The van der Waals surface area contributed by atoms with Crippen LogP contribution in [0.5, 0.6) is 5.75 Å². The molecule has 0 radical (unpaired) electrons. The maximum atomic E-state index is 9.16. The molecule has 0 aliphatic carbocycles. The molecule has 0 spiro atoms. The predicted octanol–water partition coefficient (Wildman–Crippen LogP) is 2.36. The number of aromatic hydroxyl groups is 1. The van der Waals surface area contributed by atoms with Gasteiger partial charge in [-0.15, -0.1) is 24.0 Å². The minimum atomic E-state index is 0.334. The largest absolute Gasteiger partial charge is 0.506 e. The molecule has 0 bridgehead atoms. The lowest BCUT2D eigenvalue weighted by Gasteiger charge is -1.86. The van der Waals surface area contributed by atoms with Crippen molar-refractivity contribution in [1.82, 2.24) is 0 Å². The van der Waals surface area contributed by atoms with Gasteiger partial charge in [0.25, 0.3) is 0 Å². The van der Waals surface area contributed by atoms with Crippen molar-refractivity contribution in [3.05, 3.63) is 9.75 Å². The number of rotatable bonds is 0. The first-order chi connectivity index (χ1) is 4.13. The van der Waals surface area contributed by atoms with Crippen LogP contribution in [0.15, 0.2) is 4.90 Å². The van der Waals surface area contributed by atoms with Crippen LogP contribution >= 0.6 is 24.0 Å². The second-order valence-corrected chi connectivity index (χ2v) is 3.79. The van der Waals surface area contributed by atoms with Crippen LogP contribution in [0.25, 0.3) is 0 Å². The molecule has 0 aliphatic rings. The molecule has 1 heterocycles. The van der Waals surface area contributed by atoms with Crippen molar-refractivity contribution in [2.45, 2.75) is 18.7 Å². The van der Waals surface area contributed by atoms with Crippen molar-refractivity contribution in [1.29, 1.82) is 0 Å². The summed E-state index contributed by atoms with van der Waals surface area (Å²) in [6, 6.07) is 0. The van der Waals surface area contributed by atoms with E-state index in [4.69, 9.17) is 5.11 Å². The van der Waals surface area contributed by atoms with Gasteiger partial charge in [-0.25, -0.2) is 0 Å². The number of hydrogen-bond donors (Lipinski definition) is 2. The number of thiol groups is 1. The van der Waals surface area contributed by atoms with Crippen LogP contribution < -0.4 is 0 Å². The maximum Gasteiger partial charge on any atom is 0.142 e. The van der Waals surface area contributed by atoms with E-state index in [9.17, 15) is 0 Å². The SMILES string of the molecule is Cc1sc(C)c(S)c1O. The quantitative estimate of drug-likeness (QED) is 0.558. The fraction of sp³-hybridized carbons (Fsp3) is 0.333. The fourth-order valence-corrected chi connectivity index (χ4v) is 1.89. The second kappa shape index (κ2) is 2.23. The standard InChI is InChI=1S/C6H8OS2/c1-3-5(7)6(8)4(2)9-3/h7-8H,1-2H3. The van der Waals surface area contributed by atoms with Gasteiger partial charge in [-0.05, 0) is 13.8 Å². The number of aryl methyl sites for hydroxylation is 2. The molecule has 0 saturated carbocycles. The van der Waals surface area contributed by atoms with Crippen molar-refractivity contribution >= 4 is 24.0 Å². The topological polar surface area (TPSA) is 20.2 Å². The summed E-state index contributed by atoms with van der Waals surface area (Å²) >= 11 is 5.66. The van der Waals surface area contributed by atoms with Gasteiger partial charge in [0.1, 0.15) is 5.75 Å². The van der Waals surface area contributed by atoms with E-state index < -0.39 is 0 Å². The molecule has 1 aromatic heterocycles. The maximum absolute atomic E-state index is 9.16. The van der Waals surface area contributed by atoms with Crippen molar-refractivity contribution in [2.75, 3.05) is 0 Å². The van der Waals surface area contributed by atoms with Crippen molar-refractivity contribution in [2.24, 2.45) is 0 Å². The first-order valence-corrected chi connectivity index (χ1v) is 3.87. The Hall–Kier alpha value is -0.150. The van der Waals surface area contributed by atoms with Gasteiger partial charge in [0, 0.05) is 9.75 Å². The minimum absolute atomic E-state index is 0.334. The van der Waals surface area contributed by atoms with Crippen LogP contribution in [0.1, 0.15) is 9.75 Å². The lowest BCUT2D eigenvalue weighted by atomic mass is 10.4. The molecule has 0 amide bonds. The third kappa shape index (κ3) is 1.07. The third-order valence-electron chi connectivity index (χ3n) is 1.20. The Bertz CT molecular complexity index is 205. The Morgan fingerprint density at radius 3 is 2.00 bits per heavy atom. The summed E-state index contributed by atoms with van der Waals surface area (Å²) in [5.41, 5.74) is 0. The van der Waals surface area contributed by atoms with Crippen LogP contribution in [0, 0.1) is 13.8 Å². The van der Waals surface area contributed by atoms with Gasteiger partial charge in [-0.3, -0.25) is 0 Å². The summed E-state index contributed by atoms with van der Waals surface area (Å²) in [7, 11) is 0. The third-order valence-corrected chi connectivity index (χ3v) is 2.91. The molecule has 3 heteroatoms. The zero-order valence-corrected chi connectivity index (χ0v) is 7.01. The molecule has 0 atom stereocenters. The molecule has 1 N–H and O–H groups in total. The zero-order chi connectivity index (χ0) is 7.02. The molecule has 1 aromatic rings. The first kappa shape index (κ1) is 6.96. The number of hydrogen-bond acceptors (Lipinski definition) is 3. The van der Waals surface area contributed by atoms with Crippen LogP contribution in [0.3, 0.4) is 0 Å². The minimum Gasteiger partial charge on any atom is -0.506 e. The highest BCUT2D eigenvalue weighted by atomic mass is 32.1. The molecular weight excluding hydrogens is 152 g/mol. The zero-order valence-electron chi connectivity index (χ0n) is 5.30. The highest BCUT2D eigenvalue weighted by Crippen LogP contribution is 2.35. The summed E-state index contributed by atoms with van der Waals surface area (Å²) in [4.78, 5) is 2.74. The lowest BCUT2D eigenvalue weighted by Crippen LogP contribution is -1.62. The lowest BCUT2D eigenvalue weighted by molar-refractivity contribution is 0.462. The molecular formula is C6H8OS2.